The molecular formula is C86H128N4. The van der Waals surface area contributed by atoms with Crippen LogP contribution < -0.4 is 0 Å². The normalized spacial score (nSPS) is 24.6. The van der Waals surface area contributed by atoms with E-state index in [1.165, 1.54) is 250 Å². The quantitative estimate of drug-likeness (QED) is 0.0486. The molecule has 4 heteroatoms. The van der Waals surface area contributed by atoms with E-state index >= 15 is 0 Å². The zero-order chi connectivity index (χ0) is 64.6. The van der Waals surface area contributed by atoms with E-state index in [1.807, 2.05) is 0 Å². The van der Waals surface area contributed by atoms with Crippen molar-refractivity contribution < 1.29 is 0 Å². The zero-order valence-corrected chi connectivity index (χ0v) is 58.8. The first-order valence-corrected chi connectivity index (χ1v) is 38.1. The van der Waals surface area contributed by atoms with Crippen molar-refractivity contribution in [3.05, 3.63) is 142 Å². The highest BCUT2D eigenvalue weighted by Crippen LogP contribution is 2.46. The van der Waals surface area contributed by atoms with E-state index in [4.69, 9.17) is 0 Å². The monoisotopic (exact) mass is 1220 g/mol. The van der Waals surface area contributed by atoms with Gasteiger partial charge in [0.05, 0.1) is 47.9 Å². The molecule has 4 aliphatic rings. The third-order valence-corrected chi connectivity index (χ3v) is 21.8. The van der Waals surface area contributed by atoms with E-state index in [1.54, 1.807) is 0 Å². The van der Waals surface area contributed by atoms with Gasteiger partial charge in [0.25, 0.3) is 0 Å². The summed E-state index contributed by atoms with van der Waals surface area (Å²) < 4.78 is 0. The van der Waals surface area contributed by atoms with Crippen LogP contribution >= 0.6 is 0 Å². The molecule has 0 aliphatic heterocycles. The SMILES string of the molecule is CCCCCC1CCC(c2ccc(CC)cc2)C(C#N)C1.CCCCCC1CCC(c2ccc(CCC)cc2)C(C#N)C1.CCCCCC1CCC(c2ccc(CCCC)cc2)C(C#N)C1.CCCCCc1ccc(C2CCC(CCCCC)CC2C#N)cc1. The number of aryl methyl sites for hydroxylation is 4. The van der Waals surface area contributed by atoms with Crippen molar-refractivity contribution in [3.63, 3.8) is 0 Å². The van der Waals surface area contributed by atoms with Crippen LogP contribution in [0.5, 0.6) is 0 Å². The molecule has 0 aromatic heterocycles. The molecule has 492 valence electrons. The number of hydrogen-bond acceptors (Lipinski definition) is 4. The molecule has 0 heterocycles. The second-order valence-electron chi connectivity index (χ2n) is 28.7. The minimum atomic E-state index is 0.219. The number of hydrogen-bond donors (Lipinski definition) is 0. The molecule has 4 aliphatic carbocycles. The summed E-state index contributed by atoms with van der Waals surface area (Å²) >= 11 is 0. The van der Waals surface area contributed by atoms with Gasteiger partial charge in [-0.1, -0.05) is 281 Å². The van der Waals surface area contributed by atoms with Gasteiger partial charge in [-0.3, -0.25) is 0 Å². The summed E-state index contributed by atoms with van der Waals surface area (Å²) in [5.74, 6) is 5.86. The molecule has 12 atom stereocenters. The minimum absolute atomic E-state index is 0.219. The molecule has 0 amide bonds. The third-order valence-electron chi connectivity index (χ3n) is 21.8. The second kappa shape index (κ2) is 45.2. The second-order valence-corrected chi connectivity index (χ2v) is 28.7. The summed E-state index contributed by atoms with van der Waals surface area (Å²) in [6.07, 6.45) is 47.9. The van der Waals surface area contributed by atoms with Crippen molar-refractivity contribution in [1.82, 2.24) is 0 Å². The Labute approximate surface area is 554 Å². The molecule has 4 aromatic rings. The summed E-state index contributed by atoms with van der Waals surface area (Å²) in [5.41, 5.74) is 11.3. The highest BCUT2D eigenvalue weighted by atomic mass is 14.4. The van der Waals surface area contributed by atoms with Crippen molar-refractivity contribution in [2.24, 2.45) is 47.3 Å². The Balaban J connectivity index is 0.000000218. The van der Waals surface area contributed by atoms with Crippen molar-refractivity contribution in [3.8, 4) is 24.3 Å². The highest BCUT2D eigenvalue weighted by molar-refractivity contribution is 5.31. The van der Waals surface area contributed by atoms with Crippen LogP contribution in [-0.2, 0) is 25.7 Å². The minimum Gasteiger partial charge on any atom is -0.198 e. The van der Waals surface area contributed by atoms with E-state index in [0.29, 0.717) is 23.7 Å². The van der Waals surface area contributed by atoms with Crippen LogP contribution in [-0.4, -0.2) is 0 Å². The fourth-order valence-corrected chi connectivity index (χ4v) is 16.0. The van der Waals surface area contributed by atoms with Gasteiger partial charge >= 0.3 is 0 Å². The predicted octanol–water partition coefficient (Wildman–Crippen LogP) is 25.8. The molecule has 4 nitrogen and oxygen atoms in total. The third kappa shape index (κ3) is 26.4. The van der Waals surface area contributed by atoms with E-state index in [0.717, 1.165) is 62.2 Å². The number of rotatable bonds is 30. The van der Waals surface area contributed by atoms with Crippen LogP contribution in [0, 0.1) is 92.7 Å². The zero-order valence-electron chi connectivity index (χ0n) is 58.8. The fraction of sp³-hybridized carbons (Fsp3) is 0.674. The molecule has 0 saturated heterocycles. The standard InChI is InChI=1S/C23H35N.C22H33N.C21H31N.C20H29N/c1-3-5-7-9-19-11-14-21(15-12-19)23-16-13-20(10-8-6-4-2)17-22(23)18-24;1-3-5-7-9-19-12-15-22(21(16-19)17-23)20-13-10-18(11-14-20)8-6-4-2;1-3-5-6-8-18-11-14-21(20(15-18)16-22)19-12-9-17(7-4-2)10-13-19;1-3-5-6-7-17-10-13-20(19(14-17)15-21)18-11-8-16(4-2)9-12-18/h11-12,14-15,20,22-23H,3-10,13,16-17H2,1-2H3;10-11,13-14,19,21-22H,3-9,12,15-16H2,1-2H3;9-10,12-13,18,20-21H,3-8,11,14-15H2,1-2H3;8-9,11-12,17,19-20H,3-7,10,13-14H2,1-2H3. The number of nitrogens with zero attached hydrogens (tertiary/aromatic N) is 4. The maximum Gasteiger partial charge on any atom is 0.0662 e. The Morgan fingerprint density at radius 2 is 0.511 bits per heavy atom. The lowest BCUT2D eigenvalue weighted by atomic mass is 9.70. The van der Waals surface area contributed by atoms with Gasteiger partial charge < -0.3 is 0 Å². The number of nitriles is 4. The topological polar surface area (TPSA) is 95.2 Å². The van der Waals surface area contributed by atoms with E-state index in [2.05, 4.69) is 177 Å². The molecule has 4 aromatic carbocycles. The van der Waals surface area contributed by atoms with Gasteiger partial charge in [-0.15, -0.1) is 0 Å². The Bertz CT molecular complexity index is 2640. The van der Waals surface area contributed by atoms with Gasteiger partial charge in [-0.05, 0) is 207 Å². The molecule has 4 saturated carbocycles. The molecule has 0 spiro atoms. The van der Waals surface area contributed by atoms with Crippen molar-refractivity contribution in [1.29, 1.82) is 21.0 Å². The van der Waals surface area contributed by atoms with E-state index < -0.39 is 0 Å². The fourth-order valence-electron chi connectivity index (χ4n) is 16.0. The maximum atomic E-state index is 9.66. The van der Waals surface area contributed by atoms with E-state index in [9.17, 15) is 21.0 Å². The summed E-state index contributed by atoms with van der Waals surface area (Å²) in [6.45, 7) is 18.0. The highest BCUT2D eigenvalue weighted by Gasteiger charge is 2.35. The molecule has 8 rings (SSSR count). The first-order chi connectivity index (χ1) is 44.1. The first kappa shape index (κ1) is 75.6. The van der Waals surface area contributed by atoms with Crippen LogP contribution in [0.1, 0.15) is 342 Å². The lowest BCUT2D eigenvalue weighted by Crippen LogP contribution is -2.22. The molecule has 0 radical (unpaired) electrons. The van der Waals surface area contributed by atoms with Gasteiger partial charge in [-0.2, -0.15) is 21.0 Å². The average molecular weight is 1220 g/mol. The molecular weight excluding hydrogens is 1090 g/mol. The van der Waals surface area contributed by atoms with Crippen LogP contribution in [0.3, 0.4) is 0 Å². The molecule has 4 fully saturated rings. The first-order valence-electron chi connectivity index (χ1n) is 38.1. The Kier molecular flexibility index (Phi) is 37.9. The van der Waals surface area contributed by atoms with Gasteiger partial charge in [0.2, 0.25) is 0 Å². The average Bonchev–Trinajstić information content (AvgIpc) is 3.00. The van der Waals surface area contributed by atoms with Crippen LogP contribution in [0.4, 0.5) is 0 Å². The summed E-state index contributed by atoms with van der Waals surface area (Å²) in [6, 6.07) is 46.9. The van der Waals surface area contributed by atoms with Crippen LogP contribution in [0.2, 0.25) is 0 Å². The molecule has 12 unspecified atom stereocenters. The summed E-state index contributed by atoms with van der Waals surface area (Å²) in [4.78, 5) is 0. The lowest BCUT2D eigenvalue weighted by Gasteiger charge is -2.33. The molecule has 90 heavy (non-hydrogen) atoms. The van der Waals surface area contributed by atoms with Gasteiger partial charge in [0, 0.05) is 0 Å². The molecule has 0 N–H and O–H groups in total. The summed E-state index contributed by atoms with van der Waals surface area (Å²) in [7, 11) is 0. The van der Waals surface area contributed by atoms with Crippen LogP contribution in [0.15, 0.2) is 97.1 Å². The summed E-state index contributed by atoms with van der Waals surface area (Å²) in [5, 5.41) is 38.5. The van der Waals surface area contributed by atoms with Gasteiger partial charge in [-0.25, -0.2) is 0 Å². The Hall–Kier alpha value is -5.16. The number of unbranched alkanes of at least 4 members (excludes halogenated alkanes) is 11. The lowest BCUT2D eigenvalue weighted by molar-refractivity contribution is 0.257. The molecule has 0 bridgehead atoms. The maximum absolute atomic E-state index is 9.66. The predicted molar refractivity (Wildman–Crippen MR) is 384 cm³/mol. The Morgan fingerprint density at radius 3 is 0.756 bits per heavy atom. The van der Waals surface area contributed by atoms with E-state index in [-0.39, 0.29) is 23.7 Å². The van der Waals surface area contributed by atoms with Gasteiger partial charge in [0.15, 0.2) is 0 Å². The van der Waals surface area contributed by atoms with Crippen LogP contribution in [0.25, 0.3) is 0 Å². The largest absolute Gasteiger partial charge is 0.198 e. The number of benzene rings is 4. The van der Waals surface area contributed by atoms with Gasteiger partial charge in [0.1, 0.15) is 0 Å². The Morgan fingerprint density at radius 1 is 0.267 bits per heavy atom. The van der Waals surface area contributed by atoms with Crippen molar-refractivity contribution in [2.75, 3.05) is 0 Å². The smallest absolute Gasteiger partial charge is 0.0662 e. The van der Waals surface area contributed by atoms with Crippen molar-refractivity contribution >= 4 is 0 Å². The van der Waals surface area contributed by atoms with Crippen molar-refractivity contribution in [2.45, 2.75) is 323 Å².